The summed E-state index contributed by atoms with van der Waals surface area (Å²) in [6, 6.07) is 15.4. The van der Waals surface area contributed by atoms with Crippen molar-refractivity contribution in [2.45, 2.75) is 50.5 Å². The molecule has 12 heteroatoms. The predicted molar refractivity (Wildman–Crippen MR) is 146 cm³/mol. The minimum Gasteiger partial charge on any atom is -0.496 e. The van der Waals surface area contributed by atoms with Gasteiger partial charge in [-0.1, -0.05) is 30.3 Å². The van der Waals surface area contributed by atoms with Gasteiger partial charge in [0.25, 0.3) is 0 Å². The number of ether oxygens (including phenoxy) is 2. The molecule has 0 bridgehead atoms. The number of benzene rings is 2. The van der Waals surface area contributed by atoms with Crippen LogP contribution in [0.3, 0.4) is 0 Å². The lowest BCUT2D eigenvalue weighted by Gasteiger charge is -2.25. The van der Waals surface area contributed by atoms with Gasteiger partial charge in [-0.05, 0) is 31.0 Å². The van der Waals surface area contributed by atoms with Crippen molar-refractivity contribution in [2.75, 3.05) is 20.3 Å². The molecule has 1 fully saturated rings. The molecule has 1 unspecified atom stereocenters. The van der Waals surface area contributed by atoms with Gasteiger partial charge in [0.15, 0.2) is 11.0 Å². The van der Waals surface area contributed by atoms with E-state index in [1.807, 2.05) is 42.5 Å². The van der Waals surface area contributed by atoms with E-state index in [1.54, 1.807) is 13.4 Å². The fourth-order valence-electron chi connectivity index (χ4n) is 4.52. The molecule has 1 aliphatic heterocycles. The first kappa shape index (κ1) is 31.3. The Morgan fingerprint density at radius 2 is 1.61 bits per heavy atom. The molecule has 41 heavy (non-hydrogen) atoms. The molecule has 4 N–H and O–H groups in total. The lowest BCUT2D eigenvalue weighted by Crippen LogP contribution is -2.42. The first-order valence-electron chi connectivity index (χ1n) is 12.9. The van der Waals surface area contributed by atoms with Crippen LogP contribution in [0.4, 0.5) is 0 Å². The van der Waals surface area contributed by atoms with Crippen molar-refractivity contribution in [3.8, 4) is 5.75 Å². The maximum absolute atomic E-state index is 12.9. The molecule has 2 heterocycles. The standard InChI is InChI=1S/C23H25NO4.C6H8O7/c1-26-21-10-4-2-7-17(21)13-24(15-19-8-6-12-27-19)14-18-16-28-22-11-5-3-9-20(22)23(18)25;7-3(8)1-6(13,5(11)12)2-4(9)10/h2-5,7,9-11,16,19H,6,8,12-15H2,1H3;13H,1-2H2,(H,7,8)(H,9,10)(H,11,12). The van der Waals surface area contributed by atoms with Gasteiger partial charge in [-0.3, -0.25) is 19.3 Å². The monoisotopic (exact) mass is 571 g/mol. The number of carboxylic acids is 3. The van der Waals surface area contributed by atoms with Gasteiger partial charge in [0.1, 0.15) is 11.3 Å². The number of para-hydroxylation sites is 2. The minimum atomic E-state index is -2.74. The van der Waals surface area contributed by atoms with E-state index in [4.69, 9.17) is 34.3 Å². The van der Waals surface area contributed by atoms with Gasteiger partial charge in [0.2, 0.25) is 0 Å². The number of nitrogens with zero attached hydrogens (tertiary/aromatic N) is 1. The molecule has 4 rings (SSSR count). The van der Waals surface area contributed by atoms with E-state index in [0.717, 1.165) is 37.3 Å². The van der Waals surface area contributed by atoms with Crippen LogP contribution in [0, 0.1) is 0 Å². The molecule has 0 aliphatic carbocycles. The number of carboxylic acid groups (broad SMARTS) is 3. The molecule has 1 atom stereocenters. The van der Waals surface area contributed by atoms with Crippen LogP contribution in [0.5, 0.6) is 5.75 Å². The first-order valence-corrected chi connectivity index (χ1v) is 12.9. The van der Waals surface area contributed by atoms with E-state index in [-0.39, 0.29) is 11.5 Å². The van der Waals surface area contributed by atoms with Gasteiger partial charge >= 0.3 is 17.9 Å². The Morgan fingerprint density at radius 3 is 2.22 bits per heavy atom. The normalized spacial score (nSPS) is 14.9. The molecular weight excluding hydrogens is 538 g/mol. The van der Waals surface area contributed by atoms with Gasteiger partial charge in [0.05, 0.1) is 37.7 Å². The fraction of sp³-hybridized carbons (Fsp3) is 0.379. The summed E-state index contributed by atoms with van der Waals surface area (Å²) >= 11 is 0. The zero-order chi connectivity index (χ0) is 30.0. The minimum absolute atomic E-state index is 0.0271. The largest absolute Gasteiger partial charge is 0.496 e. The Balaban J connectivity index is 0.000000302. The van der Waals surface area contributed by atoms with E-state index in [0.29, 0.717) is 29.6 Å². The van der Waals surface area contributed by atoms with Crippen molar-refractivity contribution in [1.82, 2.24) is 4.90 Å². The topological polar surface area (TPSA) is 184 Å². The van der Waals surface area contributed by atoms with Crippen LogP contribution >= 0.6 is 0 Å². The van der Waals surface area contributed by atoms with Gasteiger partial charge in [-0.2, -0.15) is 0 Å². The van der Waals surface area contributed by atoms with Crippen LogP contribution in [0.15, 0.2) is 64.0 Å². The predicted octanol–water partition coefficient (Wildman–Crippen LogP) is 2.73. The van der Waals surface area contributed by atoms with Gasteiger partial charge in [-0.25, -0.2) is 4.79 Å². The molecule has 220 valence electrons. The van der Waals surface area contributed by atoms with Crippen LogP contribution in [-0.4, -0.2) is 75.2 Å². The summed E-state index contributed by atoms with van der Waals surface area (Å²) in [5, 5.41) is 34.4. The van der Waals surface area contributed by atoms with Crippen LogP contribution in [0.1, 0.15) is 36.8 Å². The number of carbonyl (C=O) groups is 3. The lowest BCUT2D eigenvalue weighted by molar-refractivity contribution is -0.170. The van der Waals surface area contributed by atoms with Crippen molar-refractivity contribution in [3.05, 3.63) is 76.1 Å². The van der Waals surface area contributed by atoms with Crippen molar-refractivity contribution in [2.24, 2.45) is 0 Å². The van der Waals surface area contributed by atoms with Gasteiger partial charge in [-0.15, -0.1) is 0 Å². The Hall–Kier alpha value is -4.26. The average molecular weight is 572 g/mol. The van der Waals surface area contributed by atoms with E-state index in [9.17, 15) is 19.2 Å². The van der Waals surface area contributed by atoms with E-state index in [2.05, 4.69) is 11.0 Å². The summed E-state index contributed by atoms with van der Waals surface area (Å²) in [5.74, 6) is -4.17. The van der Waals surface area contributed by atoms with E-state index in [1.165, 1.54) is 0 Å². The lowest BCUT2D eigenvalue weighted by atomic mass is 9.96. The number of hydrogen-bond donors (Lipinski definition) is 4. The molecule has 0 amide bonds. The second-order valence-electron chi connectivity index (χ2n) is 9.68. The zero-order valence-corrected chi connectivity index (χ0v) is 22.5. The van der Waals surface area contributed by atoms with Gasteiger partial charge in [0, 0.05) is 37.4 Å². The Bertz CT molecular complexity index is 1400. The third-order valence-corrected chi connectivity index (χ3v) is 6.50. The number of rotatable bonds is 12. The van der Waals surface area contributed by atoms with Crippen molar-refractivity contribution < 1.29 is 48.7 Å². The third-order valence-electron chi connectivity index (χ3n) is 6.50. The third kappa shape index (κ3) is 8.87. The van der Waals surface area contributed by atoms with Crippen molar-refractivity contribution in [3.63, 3.8) is 0 Å². The summed E-state index contributed by atoms with van der Waals surface area (Å²) in [5.41, 5.74) is -0.344. The number of aliphatic carboxylic acids is 3. The highest BCUT2D eigenvalue weighted by molar-refractivity contribution is 5.88. The van der Waals surface area contributed by atoms with Crippen LogP contribution in [0.25, 0.3) is 11.0 Å². The Labute approximate surface area is 235 Å². The Kier molecular flexibility index (Phi) is 11.0. The fourth-order valence-corrected chi connectivity index (χ4v) is 4.52. The van der Waals surface area contributed by atoms with Crippen LogP contribution in [-0.2, 0) is 32.2 Å². The summed E-state index contributed by atoms with van der Waals surface area (Å²) in [7, 11) is 1.68. The Morgan fingerprint density at radius 1 is 0.976 bits per heavy atom. The maximum atomic E-state index is 12.9. The highest BCUT2D eigenvalue weighted by Crippen LogP contribution is 2.23. The number of aliphatic hydroxyl groups is 1. The molecule has 0 spiro atoms. The number of hydrogen-bond acceptors (Lipinski definition) is 9. The smallest absolute Gasteiger partial charge is 0.336 e. The highest BCUT2D eigenvalue weighted by Gasteiger charge is 2.40. The molecule has 1 aliphatic rings. The summed E-state index contributed by atoms with van der Waals surface area (Å²) in [4.78, 5) is 45.7. The second kappa shape index (κ2) is 14.4. The average Bonchev–Trinajstić information content (AvgIpc) is 3.43. The second-order valence-corrected chi connectivity index (χ2v) is 9.68. The number of methoxy groups -OCH3 is 1. The molecule has 1 saturated heterocycles. The maximum Gasteiger partial charge on any atom is 0.336 e. The van der Waals surface area contributed by atoms with E-state index < -0.39 is 36.4 Å². The van der Waals surface area contributed by atoms with Crippen LogP contribution < -0.4 is 10.2 Å². The SMILES string of the molecule is COc1ccccc1CN(Cc1coc2ccccc2c1=O)CC1CCCO1.O=C(O)CC(O)(CC(=O)O)C(=O)O. The van der Waals surface area contributed by atoms with Gasteiger partial charge < -0.3 is 34.3 Å². The quantitative estimate of drug-likeness (QED) is 0.250. The molecule has 2 aromatic carbocycles. The molecule has 3 aromatic rings. The first-order chi connectivity index (χ1) is 19.5. The molecular formula is C29H33NO11. The van der Waals surface area contributed by atoms with Crippen molar-refractivity contribution in [1.29, 1.82) is 0 Å². The van der Waals surface area contributed by atoms with Crippen molar-refractivity contribution >= 4 is 28.9 Å². The molecule has 0 radical (unpaired) electrons. The highest BCUT2D eigenvalue weighted by atomic mass is 16.5. The molecule has 1 aromatic heterocycles. The summed E-state index contributed by atoms with van der Waals surface area (Å²) < 4.78 is 17.1. The summed E-state index contributed by atoms with van der Waals surface area (Å²) in [6.07, 6.45) is 1.64. The number of fused-ring (bicyclic) bond motifs is 1. The van der Waals surface area contributed by atoms with Crippen LogP contribution in [0.2, 0.25) is 0 Å². The zero-order valence-electron chi connectivity index (χ0n) is 22.5. The molecule has 12 nitrogen and oxygen atoms in total. The summed E-state index contributed by atoms with van der Waals surface area (Å²) in [6.45, 7) is 2.76. The van der Waals surface area contributed by atoms with E-state index >= 15 is 0 Å². The molecule has 0 saturated carbocycles.